The lowest BCUT2D eigenvalue weighted by atomic mass is 10.2. The molecular formula is C13H20N4OS. The van der Waals surface area contributed by atoms with E-state index >= 15 is 0 Å². The summed E-state index contributed by atoms with van der Waals surface area (Å²) < 4.78 is 0. The van der Waals surface area contributed by atoms with Gasteiger partial charge >= 0.3 is 0 Å². The molecule has 0 aliphatic heterocycles. The number of hydrogen-bond acceptors (Lipinski definition) is 5. The van der Waals surface area contributed by atoms with Crippen LogP contribution in [-0.2, 0) is 0 Å². The summed E-state index contributed by atoms with van der Waals surface area (Å²) in [7, 11) is 0. The highest BCUT2D eigenvalue weighted by atomic mass is 32.2. The minimum Gasteiger partial charge on any atom is -0.348 e. The highest BCUT2D eigenvalue weighted by Crippen LogP contribution is 2.28. The molecule has 1 amide bonds. The van der Waals surface area contributed by atoms with E-state index in [1.807, 2.05) is 18.7 Å². The summed E-state index contributed by atoms with van der Waals surface area (Å²) in [6.07, 6.45) is 5.52. The maximum atomic E-state index is 12.3. The fraction of sp³-hybridized carbons (Fsp3) is 0.538. The summed E-state index contributed by atoms with van der Waals surface area (Å²) in [5, 5.41) is 3.65. The first kappa shape index (κ1) is 14.1. The molecule has 5 nitrogen and oxygen atoms in total. The number of pyridine rings is 1. The molecular weight excluding hydrogens is 260 g/mol. The maximum absolute atomic E-state index is 12.3. The second-order valence-corrected chi connectivity index (χ2v) is 5.89. The fourth-order valence-electron chi connectivity index (χ4n) is 2.50. The number of rotatable bonds is 4. The summed E-state index contributed by atoms with van der Waals surface area (Å²) in [5.74, 6) is 5.81. The van der Waals surface area contributed by atoms with E-state index in [2.05, 4.69) is 22.0 Å². The van der Waals surface area contributed by atoms with Gasteiger partial charge in [0, 0.05) is 22.5 Å². The molecule has 6 heteroatoms. The van der Waals surface area contributed by atoms with Crippen molar-refractivity contribution in [3.05, 3.63) is 23.4 Å². The zero-order valence-electron chi connectivity index (χ0n) is 11.3. The highest BCUT2D eigenvalue weighted by Gasteiger charge is 2.28. The Balaban J connectivity index is 2.09. The number of nitrogens with two attached hydrogens (primary N) is 1. The summed E-state index contributed by atoms with van der Waals surface area (Å²) in [5.41, 5.74) is 3.86. The molecule has 1 aromatic heterocycles. The quantitative estimate of drug-likeness (QED) is 0.578. The van der Waals surface area contributed by atoms with Crippen molar-refractivity contribution in [1.82, 2.24) is 10.3 Å². The molecule has 0 saturated heterocycles. The van der Waals surface area contributed by atoms with Crippen LogP contribution < -0.4 is 16.6 Å². The molecule has 4 N–H and O–H groups in total. The Hall–Kier alpha value is -1.27. The normalized spacial score (nSPS) is 22.3. The Morgan fingerprint density at radius 1 is 1.47 bits per heavy atom. The van der Waals surface area contributed by atoms with Crippen LogP contribution in [-0.4, -0.2) is 28.4 Å². The Labute approximate surface area is 117 Å². The molecule has 1 aromatic rings. The van der Waals surface area contributed by atoms with Crippen molar-refractivity contribution < 1.29 is 4.79 Å². The predicted octanol–water partition coefficient (Wildman–Crippen LogP) is 1.69. The van der Waals surface area contributed by atoms with Crippen molar-refractivity contribution in [2.45, 2.75) is 37.5 Å². The molecule has 1 fully saturated rings. The van der Waals surface area contributed by atoms with Gasteiger partial charge in [-0.3, -0.25) is 4.79 Å². The zero-order valence-corrected chi connectivity index (χ0v) is 12.1. The smallest absolute Gasteiger partial charge is 0.251 e. The Morgan fingerprint density at radius 3 is 2.95 bits per heavy atom. The lowest BCUT2D eigenvalue weighted by Crippen LogP contribution is -2.38. The monoisotopic (exact) mass is 280 g/mol. The number of nitrogen functional groups attached to an aromatic ring is 1. The van der Waals surface area contributed by atoms with Crippen LogP contribution in [0.5, 0.6) is 0 Å². The van der Waals surface area contributed by atoms with Gasteiger partial charge in [0.25, 0.3) is 5.91 Å². The molecule has 0 bridgehead atoms. The second-order valence-electron chi connectivity index (χ2n) is 4.81. The van der Waals surface area contributed by atoms with Crippen molar-refractivity contribution in [1.29, 1.82) is 0 Å². The number of carbonyl (C=O) groups excluding carboxylic acids is 1. The summed E-state index contributed by atoms with van der Waals surface area (Å²) in [6.45, 7) is 1.85. The van der Waals surface area contributed by atoms with E-state index in [1.54, 1.807) is 12.1 Å². The Kier molecular flexibility index (Phi) is 4.66. The molecule has 2 unspecified atom stereocenters. The summed E-state index contributed by atoms with van der Waals surface area (Å²) >= 11 is 1.83. The number of thioether (sulfide) groups is 1. The van der Waals surface area contributed by atoms with Gasteiger partial charge in [0.15, 0.2) is 0 Å². The first-order valence-corrected chi connectivity index (χ1v) is 7.72. The zero-order chi connectivity index (χ0) is 13.8. The molecule has 1 aliphatic carbocycles. The standard InChI is InChI=1S/C13H20N4OS/c1-8-6-9(7-12(15-8)17-14)13(18)16-10-4-3-5-11(10)19-2/h6-7,10-11H,3-5,14H2,1-2H3,(H,15,17)(H,16,18). The topological polar surface area (TPSA) is 80.0 Å². The van der Waals surface area contributed by atoms with E-state index in [9.17, 15) is 4.79 Å². The minimum absolute atomic E-state index is 0.0482. The number of hydrazine groups is 1. The van der Waals surface area contributed by atoms with Crippen LogP contribution >= 0.6 is 11.8 Å². The number of hydrogen-bond donors (Lipinski definition) is 3. The lowest BCUT2D eigenvalue weighted by Gasteiger charge is -2.19. The molecule has 1 aliphatic rings. The second kappa shape index (κ2) is 6.25. The molecule has 104 valence electrons. The van der Waals surface area contributed by atoms with Crippen LogP contribution in [0.3, 0.4) is 0 Å². The molecule has 0 aromatic carbocycles. The number of aryl methyl sites for hydroxylation is 1. The molecule has 2 rings (SSSR count). The van der Waals surface area contributed by atoms with Gasteiger partial charge in [0.1, 0.15) is 5.82 Å². The van der Waals surface area contributed by atoms with Crippen LogP contribution in [0, 0.1) is 6.92 Å². The van der Waals surface area contributed by atoms with Gasteiger partial charge in [-0.1, -0.05) is 6.42 Å². The predicted molar refractivity (Wildman–Crippen MR) is 79.2 cm³/mol. The van der Waals surface area contributed by atoms with Gasteiger partial charge in [-0.05, 0) is 38.2 Å². The van der Waals surface area contributed by atoms with Gasteiger partial charge < -0.3 is 10.7 Å². The molecule has 1 heterocycles. The van der Waals surface area contributed by atoms with Gasteiger partial charge in [-0.25, -0.2) is 10.8 Å². The third-order valence-corrected chi connectivity index (χ3v) is 4.61. The van der Waals surface area contributed by atoms with Crippen LogP contribution in [0.15, 0.2) is 12.1 Å². The average Bonchev–Trinajstić information content (AvgIpc) is 2.85. The first-order chi connectivity index (χ1) is 9.13. The van der Waals surface area contributed by atoms with Crippen LogP contribution in [0.4, 0.5) is 5.82 Å². The van der Waals surface area contributed by atoms with Crippen LogP contribution in [0.2, 0.25) is 0 Å². The summed E-state index contributed by atoms with van der Waals surface area (Å²) in [4.78, 5) is 16.4. The molecule has 19 heavy (non-hydrogen) atoms. The van der Waals surface area contributed by atoms with Crippen molar-refractivity contribution in [2.75, 3.05) is 11.7 Å². The Morgan fingerprint density at radius 2 is 2.26 bits per heavy atom. The maximum Gasteiger partial charge on any atom is 0.251 e. The minimum atomic E-state index is -0.0482. The molecule has 0 radical (unpaired) electrons. The van der Waals surface area contributed by atoms with E-state index in [-0.39, 0.29) is 11.9 Å². The number of anilines is 1. The highest BCUT2D eigenvalue weighted by molar-refractivity contribution is 7.99. The first-order valence-electron chi connectivity index (χ1n) is 6.43. The summed E-state index contributed by atoms with van der Waals surface area (Å²) in [6, 6.07) is 3.72. The number of amides is 1. The van der Waals surface area contributed by atoms with E-state index in [0.717, 1.165) is 12.1 Å². The van der Waals surface area contributed by atoms with Gasteiger partial charge in [0.05, 0.1) is 0 Å². The average molecular weight is 280 g/mol. The van der Waals surface area contributed by atoms with Gasteiger partial charge in [-0.2, -0.15) is 11.8 Å². The number of carbonyl (C=O) groups is 1. The van der Waals surface area contributed by atoms with E-state index in [0.29, 0.717) is 16.6 Å². The van der Waals surface area contributed by atoms with E-state index < -0.39 is 0 Å². The van der Waals surface area contributed by atoms with E-state index in [1.165, 1.54) is 12.8 Å². The third-order valence-electron chi connectivity index (χ3n) is 3.44. The van der Waals surface area contributed by atoms with Gasteiger partial charge in [-0.15, -0.1) is 0 Å². The molecule has 0 spiro atoms. The van der Waals surface area contributed by atoms with E-state index in [4.69, 9.17) is 5.84 Å². The van der Waals surface area contributed by atoms with Crippen molar-refractivity contribution in [2.24, 2.45) is 5.84 Å². The third kappa shape index (κ3) is 3.39. The lowest BCUT2D eigenvalue weighted by molar-refractivity contribution is 0.0938. The fourth-order valence-corrected chi connectivity index (χ4v) is 3.43. The number of nitrogens with zero attached hydrogens (tertiary/aromatic N) is 1. The largest absolute Gasteiger partial charge is 0.348 e. The van der Waals surface area contributed by atoms with Gasteiger partial charge in [0.2, 0.25) is 0 Å². The van der Waals surface area contributed by atoms with Crippen molar-refractivity contribution in [3.8, 4) is 0 Å². The molecule has 1 saturated carbocycles. The SMILES string of the molecule is CSC1CCCC1NC(=O)c1cc(C)nc(NN)c1. The Bertz CT molecular complexity index is 466. The number of nitrogens with one attached hydrogen (secondary N) is 2. The van der Waals surface area contributed by atoms with Crippen molar-refractivity contribution >= 4 is 23.5 Å². The van der Waals surface area contributed by atoms with Crippen molar-refractivity contribution in [3.63, 3.8) is 0 Å². The number of aromatic nitrogens is 1. The van der Waals surface area contributed by atoms with Crippen LogP contribution in [0.1, 0.15) is 35.3 Å². The molecule has 2 atom stereocenters. The van der Waals surface area contributed by atoms with Crippen LogP contribution in [0.25, 0.3) is 0 Å².